The standard InChI is InChI=1S/C16H17N3O4/c20-13-7-11(18-22)5-10-6-14(23-15(10)13)16(21)17-12-8-19-3-1-9(12)2-4-19/h5-7,9,12,20H,1-4,8H2,(H,17,21)/t12-/m1/s1. The first-order valence-corrected chi connectivity index (χ1v) is 7.77. The third kappa shape index (κ3) is 2.46. The Labute approximate surface area is 132 Å². The molecule has 0 saturated carbocycles. The van der Waals surface area contributed by atoms with E-state index >= 15 is 0 Å². The van der Waals surface area contributed by atoms with E-state index < -0.39 is 0 Å². The molecule has 2 bridgehead atoms. The number of amides is 1. The van der Waals surface area contributed by atoms with Gasteiger partial charge in [0.15, 0.2) is 17.1 Å². The highest BCUT2D eigenvalue weighted by molar-refractivity contribution is 5.98. The number of aromatic hydroxyl groups is 1. The normalized spacial score (nSPS) is 26.3. The van der Waals surface area contributed by atoms with Crippen LogP contribution in [0.15, 0.2) is 27.8 Å². The summed E-state index contributed by atoms with van der Waals surface area (Å²) < 4.78 is 5.46. The van der Waals surface area contributed by atoms with Gasteiger partial charge in [0, 0.05) is 24.0 Å². The van der Waals surface area contributed by atoms with E-state index in [-0.39, 0.29) is 34.7 Å². The van der Waals surface area contributed by atoms with Crippen LogP contribution >= 0.6 is 0 Å². The van der Waals surface area contributed by atoms with Crippen LogP contribution in [0.1, 0.15) is 23.4 Å². The summed E-state index contributed by atoms with van der Waals surface area (Å²) in [5.41, 5.74) is 0.289. The Morgan fingerprint density at radius 2 is 2.09 bits per heavy atom. The summed E-state index contributed by atoms with van der Waals surface area (Å²) in [5, 5.41) is 16.2. The van der Waals surface area contributed by atoms with Crippen LogP contribution in [0.4, 0.5) is 5.69 Å². The quantitative estimate of drug-likeness (QED) is 0.848. The molecule has 3 saturated heterocycles. The molecule has 0 spiro atoms. The largest absolute Gasteiger partial charge is 0.504 e. The lowest BCUT2D eigenvalue weighted by Gasteiger charge is -2.44. The summed E-state index contributed by atoms with van der Waals surface area (Å²) in [7, 11) is 0. The van der Waals surface area contributed by atoms with Crippen molar-refractivity contribution in [3.05, 3.63) is 28.9 Å². The lowest BCUT2D eigenvalue weighted by Crippen LogP contribution is -2.57. The van der Waals surface area contributed by atoms with E-state index in [0.717, 1.165) is 32.5 Å². The summed E-state index contributed by atoms with van der Waals surface area (Å²) in [6.45, 7) is 3.09. The second-order valence-electron chi connectivity index (χ2n) is 6.30. The maximum absolute atomic E-state index is 12.4. The van der Waals surface area contributed by atoms with Gasteiger partial charge in [-0.25, -0.2) is 0 Å². The molecule has 3 aliphatic heterocycles. The van der Waals surface area contributed by atoms with Gasteiger partial charge in [-0.1, -0.05) is 0 Å². The molecule has 1 aromatic carbocycles. The Balaban J connectivity index is 1.57. The molecule has 0 radical (unpaired) electrons. The smallest absolute Gasteiger partial charge is 0.287 e. The zero-order chi connectivity index (χ0) is 16.0. The predicted octanol–water partition coefficient (Wildman–Crippen LogP) is 2.36. The van der Waals surface area contributed by atoms with Crippen LogP contribution in [0.2, 0.25) is 0 Å². The van der Waals surface area contributed by atoms with Gasteiger partial charge < -0.3 is 19.7 Å². The first kappa shape index (κ1) is 14.2. The van der Waals surface area contributed by atoms with Crippen LogP contribution in [-0.2, 0) is 0 Å². The Kier molecular flexibility index (Phi) is 3.30. The van der Waals surface area contributed by atoms with E-state index in [9.17, 15) is 14.8 Å². The van der Waals surface area contributed by atoms with Gasteiger partial charge in [-0.3, -0.25) is 4.79 Å². The van der Waals surface area contributed by atoms with Gasteiger partial charge in [-0.2, -0.15) is 0 Å². The van der Waals surface area contributed by atoms with E-state index in [4.69, 9.17) is 4.42 Å². The van der Waals surface area contributed by atoms with Crippen LogP contribution in [-0.4, -0.2) is 41.6 Å². The fourth-order valence-electron chi connectivity index (χ4n) is 3.65. The van der Waals surface area contributed by atoms with Crippen molar-refractivity contribution in [1.82, 2.24) is 10.2 Å². The summed E-state index contributed by atoms with van der Waals surface area (Å²) in [4.78, 5) is 25.4. The predicted molar refractivity (Wildman–Crippen MR) is 83.8 cm³/mol. The highest BCUT2D eigenvalue weighted by Crippen LogP contribution is 2.33. The lowest BCUT2D eigenvalue weighted by molar-refractivity contribution is 0.0607. The third-order valence-corrected chi connectivity index (χ3v) is 4.88. The summed E-state index contributed by atoms with van der Waals surface area (Å²) in [6, 6.07) is 4.37. The molecule has 4 heterocycles. The third-order valence-electron chi connectivity index (χ3n) is 4.88. The van der Waals surface area contributed by atoms with Crippen molar-refractivity contribution < 1.29 is 14.3 Å². The van der Waals surface area contributed by atoms with Gasteiger partial charge in [0.05, 0.1) is 0 Å². The Morgan fingerprint density at radius 3 is 2.74 bits per heavy atom. The molecule has 7 heteroatoms. The maximum atomic E-state index is 12.4. The Hall–Kier alpha value is -2.41. The van der Waals surface area contributed by atoms with Gasteiger partial charge in [-0.05, 0) is 49.2 Å². The number of phenolic OH excluding ortho intramolecular Hbond substituents is 1. The highest BCUT2D eigenvalue weighted by atomic mass is 16.4. The molecule has 3 fully saturated rings. The molecule has 0 unspecified atom stereocenters. The Bertz CT molecular complexity index is 777. The number of benzene rings is 1. The fourth-order valence-corrected chi connectivity index (χ4v) is 3.65. The topological polar surface area (TPSA) is 95.1 Å². The molecule has 23 heavy (non-hydrogen) atoms. The van der Waals surface area contributed by atoms with Crippen molar-refractivity contribution in [1.29, 1.82) is 0 Å². The number of furan rings is 1. The first-order chi connectivity index (χ1) is 11.1. The summed E-state index contributed by atoms with van der Waals surface area (Å²) in [5.74, 6) is 0.168. The number of hydrogen-bond donors (Lipinski definition) is 2. The molecule has 3 aliphatic rings. The molecule has 7 nitrogen and oxygen atoms in total. The van der Waals surface area contributed by atoms with Gasteiger partial charge in [0.2, 0.25) is 0 Å². The number of piperidine rings is 3. The minimum atomic E-state index is -0.292. The van der Waals surface area contributed by atoms with Crippen molar-refractivity contribution >= 4 is 22.6 Å². The Morgan fingerprint density at radius 1 is 1.30 bits per heavy atom. The van der Waals surface area contributed by atoms with E-state index in [0.29, 0.717) is 11.3 Å². The van der Waals surface area contributed by atoms with Crippen molar-refractivity contribution in [2.75, 3.05) is 19.6 Å². The van der Waals surface area contributed by atoms with Crippen LogP contribution in [0.5, 0.6) is 5.75 Å². The van der Waals surface area contributed by atoms with E-state index in [2.05, 4.69) is 15.4 Å². The molecule has 2 aromatic rings. The molecular weight excluding hydrogens is 298 g/mol. The van der Waals surface area contributed by atoms with Gasteiger partial charge in [0.1, 0.15) is 5.69 Å². The van der Waals surface area contributed by atoms with Gasteiger partial charge in [-0.15, -0.1) is 4.91 Å². The summed E-state index contributed by atoms with van der Waals surface area (Å²) in [6.07, 6.45) is 2.22. The van der Waals surface area contributed by atoms with Crippen molar-refractivity contribution in [3.8, 4) is 5.75 Å². The number of fused-ring (bicyclic) bond motifs is 4. The molecule has 120 valence electrons. The average Bonchev–Trinajstić information content (AvgIpc) is 3.00. The van der Waals surface area contributed by atoms with E-state index in [1.54, 1.807) is 0 Å². The maximum Gasteiger partial charge on any atom is 0.287 e. The SMILES string of the molecule is O=Nc1cc(O)c2oc(C(=O)N[C@@H]3CN4CCC3CC4)cc2c1. The minimum Gasteiger partial charge on any atom is -0.504 e. The number of hydrogen-bond acceptors (Lipinski definition) is 6. The van der Waals surface area contributed by atoms with Crippen LogP contribution in [0, 0.1) is 10.8 Å². The van der Waals surface area contributed by atoms with Gasteiger partial charge in [0.25, 0.3) is 5.91 Å². The second-order valence-corrected chi connectivity index (χ2v) is 6.30. The van der Waals surface area contributed by atoms with E-state index in [1.165, 1.54) is 18.2 Å². The second kappa shape index (κ2) is 5.34. The number of carbonyl (C=O) groups excluding carboxylic acids is 1. The minimum absolute atomic E-state index is 0.0974. The monoisotopic (exact) mass is 315 g/mol. The number of phenols is 1. The van der Waals surface area contributed by atoms with E-state index in [1.807, 2.05) is 0 Å². The van der Waals surface area contributed by atoms with Gasteiger partial charge >= 0.3 is 0 Å². The highest BCUT2D eigenvalue weighted by Gasteiger charge is 2.35. The molecule has 2 N–H and O–H groups in total. The molecule has 1 atom stereocenters. The first-order valence-electron chi connectivity index (χ1n) is 7.77. The fraction of sp³-hybridized carbons (Fsp3) is 0.438. The molecule has 0 aliphatic carbocycles. The molecule has 1 aromatic heterocycles. The number of carbonyl (C=O) groups is 1. The van der Waals surface area contributed by atoms with Crippen LogP contribution < -0.4 is 5.32 Å². The number of nitrogens with one attached hydrogen (secondary N) is 1. The molecular formula is C16H17N3O4. The zero-order valence-corrected chi connectivity index (χ0v) is 12.5. The zero-order valence-electron chi connectivity index (χ0n) is 12.5. The van der Waals surface area contributed by atoms with Crippen molar-refractivity contribution in [2.45, 2.75) is 18.9 Å². The van der Waals surface area contributed by atoms with Crippen molar-refractivity contribution in [3.63, 3.8) is 0 Å². The van der Waals surface area contributed by atoms with Crippen LogP contribution in [0.25, 0.3) is 11.0 Å². The average molecular weight is 315 g/mol. The van der Waals surface area contributed by atoms with Crippen molar-refractivity contribution in [2.24, 2.45) is 11.1 Å². The number of nitrogens with zero attached hydrogens (tertiary/aromatic N) is 2. The molecule has 1 amide bonds. The van der Waals surface area contributed by atoms with Crippen LogP contribution in [0.3, 0.4) is 0 Å². The molecule has 5 rings (SSSR count). The summed E-state index contributed by atoms with van der Waals surface area (Å²) >= 11 is 0. The number of nitroso groups, excluding NO2 is 1. The lowest BCUT2D eigenvalue weighted by atomic mass is 9.84. The number of rotatable bonds is 3.